The van der Waals surface area contributed by atoms with E-state index in [0.717, 1.165) is 57.8 Å². The number of unbranched alkanes of at least 4 members (excludes halogenated alkanes) is 32. The quantitative estimate of drug-likeness (QED) is 0.0308. The highest BCUT2D eigenvalue weighted by molar-refractivity contribution is 5.80. The van der Waals surface area contributed by atoms with Crippen LogP contribution in [0.15, 0.2) is 60.8 Å². The van der Waals surface area contributed by atoms with Gasteiger partial charge in [-0.05, 0) is 96.3 Å². The van der Waals surface area contributed by atoms with Gasteiger partial charge < -0.3 is 25.7 Å². The Balaban J connectivity index is 3.65. The number of nitrogens with one attached hydrogen (secondary N) is 1. The third kappa shape index (κ3) is 46.9. The average Bonchev–Trinajstić information content (AvgIpc) is 3.31. The molecule has 380 valence electrons. The van der Waals surface area contributed by atoms with Crippen molar-refractivity contribution in [3.05, 3.63) is 60.8 Å². The van der Waals surface area contributed by atoms with Gasteiger partial charge in [-0.3, -0.25) is 4.79 Å². The third-order valence-electron chi connectivity index (χ3n) is 12.9. The molecule has 0 aliphatic carbocycles. The highest BCUT2D eigenvalue weighted by atomic mass is 16.3. The first kappa shape index (κ1) is 63.0. The van der Waals surface area contributed by atoms with E-state index in [4.69, 9.17) is 0 Å². The molecular formula is C59H109NO5. The van der Waals surface area contributed by atoms with E-state index in [1.807, 2.05) is 0 Å². The Bertz CT molecular complexity index is 1110. The minimum Gasteiger partial charge on any atom is -0.394 e. The topological polar surface area (TPSA) is 110 Å². The molecule has 0 saturated heterocycles. The van der Waals surface area contributed by atoms with Crippen molar-refractivity contribution in [1.29, 1.82) is 0 Å². The van der Waals surface area contributed by atoms with Crippen LogP contribution in [0.5, 0.6) is 0 Å². The van der Waals surface area contributed by atoms with Crippen LogP contribution >= 0.6 is 0 Å². The van der Waals surface area contributed by atoms with E-state index >= 15 is 0 Å². The van der Waals surface area contributed by atoms with Crippen molar-refractivity contribution in [1.82, 2.24) is 5.32 Å². The number of aliphatic hydroxyl groups excluding tert-OH is 4. The minimum atomic E-state index is -1.30. The number of amides is 1. The standard InChI is InChI=1S/C59H109NO5/c1-3-5-7-9-11-13-15-17-19-21-22-23-24-25-26-27-28-29-30-31-32-33-34-35-37-39-41-43-45-47-49-51-53-57(63)59(65)60-55(54-61)58(64)56(62)52-50-48-46-44-42-40-38-36-20-18-16-14-12-10-8-6-4-2/h14,16,22-23,25-26,36,38,44,46,55-58,61-64H,3-13,15,17-21,24,27-35,37,39-43,45,47-54H2,1-2H3,(H,60,65)/b16-14+,23-22-,26-25-,38-36+,46-44+. The van der Waals surface area contributed by atoms with Gasteiger partial charge in [0.2, 0.25) is 5.91 Å². The lowest BCUT2D eigenvalue weighted by Crippen LogP contribution is -2.53. The van der Waals surface area contributed by atoms with E-state index in [1.54, 1.807) is 0 Å². The number of aliphatic hydroxyl groups is 4. The van der Waals surface area contributed by atoms with Gasteiger partial charge in [0.05, 0.1) is 18.8 Å². The summed E-state index contributed by atoms with van der Waals surface area (Å²) in [5.74, 6) is -0.599. The largest absolute Gasteiger partial charge is 0.394 e. The van der Waals surface area contributed by atoms with E-state index in [-0.39, 0.29) is 0 Å². The Kier molecular flexibility index (Phi) is 51.3. The zero-order chi connectivity index (χ0) is 47.4. The first-order valence-electron chi connectivity index (χ1n) is 28.2. The molecule has 0 aliphatic rings. The second-order valence-electron chi connectivity index (χ2n) is 19.3. The van der Waals surface area contributed by atoms with Crippen LogP contribution in [0.1, 0.15) is 277 Å². The molecule has 0 heterocycles. The van der Waals surface area contributed by atoms with Gasteiger partial charge in [-0.1, -0.05) is 242 Å². The molecule has 5 N–H and O–H groups in total. The van der Waals surface area contributed by atoms with Gasteiger partial charge in [0.15, 0.2) is 0 Å². The predicted molar refractivity (Wildman–Crippen MR) is 283 cm³/mol. The van der Waals surface area contributed by atoms with Gasteiger partial charge in [0, 0.05) is 0 Å². The van der Waals surface area contributed by atoms with Crippen molar-refractivity contribution in [2.75, 3.05) is 6.61 Å². The van der Waals surface area contributed by atoms with E-state index in [1.165, 1.54) is 186 Å². The monoisotopic (exact) mass is 912 g/mol. The summed E-state index contributed by atoms with van der Waals surface area (Å²) in [4.78, 5) is 12.6. The van der Waals surface area contributed by atoms with E-state index in [9.17, 15) is 25.2 Å². The fourth-order valence-corrected chi connectivity index (χ4v) is 8.47. The van der Waals surface area contributed by atoms with Gasteiger partial charge in [-0.2, -0.15) is 0 Å². The molecule has 0 radical (unpaired) electrons. The molecule has 0 fully saturated rings. The molecule has 4 unspecified atom stereocenters. The summed E-state index contributed by atoms with van der Waals surface area (Å²) in [6, 6.07) is -1.01. The number of carbonyl (C=O) groups is 1. The Morgan fingerprint density at radius 1 is 0.385 bits per heavy atom. The third-order valence-corrected chi connectivity index (χ3v) is 12.9. The number of hydrogen-bond acceptors (Lipinski definition) is 5. The van der Waals surface area contributed by atoms with Crippen LogP contribution in [-0.2, 0) is 4.79 Å². The molecule has 0 saturated carbocycles. The second-order valence-corrected chi connectivity index (χ2v) is 19.3. The van der Waals surface area contributed by atoms with Crippen LogP contribution in [-0.4, -0.2) is 57.3 Å². The fourth-order valence-electron chi connectivity index (χ4n) is 8.47. The maximum atomic E-state index is 12.6. The number of carbonyl (C=O) groups excluding carboxylic acids is 1. The zero-order valence-electron chi connectivity index (χ0n) is 43.0. The number of rotatable bonds is 51. The maximum absolute atomic E-state index is 12.6. The molecule has 0 aromatic rings. The van der Waals surface area contributed by atoms with Crippen molar-refractivity contribution in [2.45, 2.75) is 301 Å². The van der Waals surface area contributed by atoms with Crippen LogP contribution in [0.2, 0.25) is 0 Å². The molecule has 0 spiro atoms. The summed E-state index contributed by atoms with van der Waals surface area (Å²) in [7, 11) is 0. The predicted octanol–water partition coefficient (Wildman–Crippen LogP) is 16.4. The van der Waals surface area contributed by atoms with Crippen LogP contribution in [0.3, 0.4) is 0 Å². The Hall–Kier alpha value is -1.99. The fraction of sp³-hybridized carbons (Fsp3) is 0.814. The van der Waals surface area contributed by atoms with Crippen LogP contribution < -0.4 is 5.32 Å². The van der Waals surface area contributed by atoms with Gasteiger partial charge in [0.1, 0.15) is 12.2 Å². The summed E-state index contributed by atoms with van der Waals surface area (Å²) in [6.07, 6.45) is 68.6. The van der Waals surface area contributed by atoms with Crippen molar-refractivity contribution in [3.8, 4) is 0 Å². The highest BCUT2D eigenvalue weighted by Crippen LogP contribution is 2.16. The van der Waals surface area contributed by atoms with Crippen LogP contribution in [0.4, 0.5) is 0 Å². The molecule has 0 rings (SSSR count). The number of hydrogen-bond donors (Lipinski definition) is 5. The highest BCUT2D eigenvalue weighted by Gasteiger charge is 2.28. The van der Waals surface area contributed by atoms with E-state index < -0.39 is 36.9 Å². The molecule has 0 bridgehead atoms. The van der Waals surface area contributed by atoms with Crippen molar-refractivity contribution in [2.24, 2.45) is 0 Å². The Morgan fingerprint density at radius 3 is 1.08 bits per heavy atom. The van der Waals surface area contributed by atoms with Crippen molar-refractivity contribution < 1.29 is 25.2 Å². The van der Waals surface area contributed by atoms with Crippen molar-refractivity contribution >= 4 is 5.91 Å². The van der Waals surface area contributed by atoms with E-state index in [2.05, 4.69) is 79.9 Å². The molecule has 6 nitrogen and oxygen atoms in total. The lowest BCUT2D eigenvalue weighted by molar-refractivity contribution is -0.132. The molecule has 0 aromatic carbocycles. The van der Waals surface area contributed by atoms with Crippen molar-refractivity contribution in [3.63, 3.8) is 0 Å². The second kappa shape index (κ2) is 53.0. The maximum Gasteiger partial charge on any atom is 0.249 e. The Morgan fingerprint density at radius 2 is 0.692 bits per heavy atom. The number of allylic oxidation sites excluding steroid dienone is 10. The van der Waals surface area contributed by atoms with Gasteiger partial charge in [-0.25, -0.2) is 0 Å². The summed E-state index contributed by atoms with van der Waals surface area (Å²) < 4.78 is 0. The molecule has 6 heteroatoms. The van der Waals surface area contributed by atoms with Crippen LogP contribution in [0, 0.1) is 0 Å². The molecule has 65 heavy (non-hydrogen) atoms. The lowest BCUT2D eigenvalue weighted by atomic mass is 10.00. The molecule has 4 atom stereocenters. The molecular weight excluding hydrogens is 803 g/mol. The normalized spacial score (nSPS) is 14.2. The zero-order valence-corrected chi connectivity index (χ0v) is 43.0. The summed E-state index contributed by atoms with van der Waals surface area (Å²) in [5.41, 5.74) is 0. The summed E-state index contributed by atoms with van der Waals surface area (Å²) in [5, 5.41) is 43.9. The molecule has 0 aromatic heterocycles. The van der Waals surface area contributed by atoms with Gasteiger partial charge in [0.25, 0.3) is 0 Å². The lowest BCUT2D eigenvalue weighted by Gasteiger charge is -2.27. The summed E-state index contributed by atoms with van der Waals surface area (Å²) in [6.45, 7) is 4.03. The first-order chi connectivity index (χ1) is 32.0. The van der Waals surface area contributed by atoms with Crippen LogP contribution in [0.25, 0.3) is 0 Å². The van der Waals surface area contributed by atoms with Gasteiger partial charge in [-0.15, -0.1) is 0 Å². The summed E-state index contributed by atoms with van der Waals surface area (Å²) >= 11 is 0. The van der Waals surface area contributed by atoms with Gasteiger partial charge >= 0.3 is 0 Å². The molecule has 1 amide bonds. The minimum absolute atomic E-state index is 0.357. The Labute approximate surface area is 403 Å². The first-order valence-corrected chi connectivity index (χ1v) is 28.2. The molecule has 0 aliphatic heterocycles. The SMILES string of the molecule is CCCCCC/C=C/CC/C=C/CC/C=C/CCCC(O)C(O)C(CO)NC(=O)C(O)CCCCCCCCCCCCCCCCCC/C=C\C/C=C\CCCCCCCCCCC. The smallest absolute Gasteiger partial charge is 0.249 e. The average molecular weight is 913 g/mol. The van der Waals surface area contributed by atoms with E-state index in [0.29, 0.717) is 19.3 Å².